The van der Waals surface area contributed by atoms with Gasteiger partial charge in [0.05, 0.1) is 0 Å². The molecular formula is C42H35N. The maximum atomic E-state index is 4.51. The zero-order chi connectivity index (χ0) is 28.8. The average Bonchev–Trinajstić information content (AvgIpc) is 3.07. The number of nitrogens with zero attached hydrogens (tertiary/aromatic N) is 1. The first-order valence-electron chi connectivity index (χ1n) is 15.8. The largest absolute Gasteiger partial charge is 0.261 e. The second-order valence-electron chi connectivity index (χ2n) is 12.2. The molecule has 6 aromatic carbocycles. The Morgan fingerprint density at radius 1 is 0.465 bits per heavy atom. The van der Waals surface area contributed by atoms with E-state index in [9.17, 15) is 0 Å². The van der Waals surface area contributed by atoms with Gasteiger partial charge < -0.3 is 0 Å². The van der Waals surface area contributed by atoms with Gasteiger partial charge in [-0.1, -0.05) is 135 Å². The monoisotopic (exact) mass is 553 g/mol. The number of aromatic nitrogens is 1. The summed E-state index contributed by atoms with van der Waals surface area (Å²) in [5, 5.41) is 7.98. The summed E-state index contributed by atoms with van der Waals surface area (Å²) >= 11 is 0. The van der Waals surface area contributed by atoms with Crippen LogP contribution in [0.15, 0.2) is 128 Å². The topological polar surface area (TPSA) is 12.9 Å². The molecule has 7 aromatic rings. The quantitative estimate of drug-likeness (QED) is 0.198. The van der Waals surface area contributed by atoms with Crippen LogP contribution in [0, 0.1) is 6.92 Å². The molecule has 0 aliphatic heterocycles. The van der Waals surface area contributed by atoms with E-state index in [-0.39, 0.29) is 0 Å². The number of hydrogen-bond acceptors (Lipinski definition) is 1. The Labute approximate surface area is 253 Å². The van der Waals surface area contributed by atoms with E-state index in [0.717, 1.165) is 11.3 Å². The number of fused-ring (bicyclic) bond motifs is 3. The van der Waals surface area contributed by atoms with Gasteiger partial charge in [0.15, 0.2) is 0 Å². The van der Waals surface area contributed by atoms with E-state index in [2.05, 4.69) is 126 Å². The molecular weight excluding hydrogens is 518 g/mol. The van der Waals surface area contributed by atoms with Crippen molar-refractivity contribution >= 4 is 32.3 Å². The molecule has 1 aliphatic carbocycles. The lowest BCUT2D eigenvalue weighted by molar-refractivity contribution is 0.445. The fourth-order valence-corrected chi connectivity index (χ4v) is 7.52. The van der Waals surface area contributed by atoms with Crippen LogP contribution >= 0.6 is 0 Å². The molecule has 1 heteroatoms. The number of hydrogen-bond donors (Lipinski definition) is 0. The predicted molar refractivity (Wildman–Crippen MR) is 184 cm³/mol. The van der Waals surface area contributed by atoms with Crippen LogP contribution in [-0.2, 0) is 0 Å². The highest BCUT2D eigenvalue weighted by Gasteiger charge is 2.21. The Morgan fingerprint density at radius 2 is 1.02 bits per heavy atom. The summed E-state index contributed by atoms with van der Waals surface area (Å²) in [5.41, 5.74) is 10.1. The molecule has 1 saturated carbocycles. The van der Waals surface area contributed by atoms with Crippen molar-refractivity contribution in [3.05, 3.63) is 139 Å². The zero-order valence-electron chi connectivity index (χ0n) is 24.7. The van der Waals surface area contributed by atoms with Crippen molar-refractivity contribution in [1.82, 2.24) is 4.98 Å². The molecule has 1 heterocycles. The van der Waals surface area contributed by atoms with Crippen LogP contribution in [0.1, 0.15) is 49.3 Å². The first kappa shape index (κ1) is 25.9. The standard InChI is InChI=1S/C42H35N/c1-28-21-22-32(27-43-28)29-23-25-31(26-24-29)41-37-13-5-7-15-39(37)42(40-16-8-6-14-38(40)41)36-20-10-18-34-33(17-9-19-35(34)36)30-11-3-2-4-12-30/h5-10,13-27,30H,2-4,11-12H2,1H3. The summed E-state index contributed by atoms with van der Waals surface area (Å²) in [5.74, 6) is 0.669. The molecule has 0 bridgehead atoms. The van der Waals surface area contributed by atoms with Gasteiger partial charge in [0.25, 0.3) is 0 Å². The smallest absolute Gasteiger partial charge is 0.0373 e. The van der Waals surface area contributed by atoms with E-state index in [1.165, 1.54) is 97.8 Å². The second-order valence-corrected chi connectivity index (χ2v) is 12.2. The molecule has 1 nitrogen and oxygen atoms in total. The molecule has 1 fully saturated rings. The van der Waals surface area contributed by atoms with Crippen molar-refractivity contribution in [2.45, 2.75) is 44.9 Å². The zero-order valence-corrected chi connectivity index (χ0v) is 24.7. The molecule has 0 N–H and O–H groups in total. The van der Waals surface area contributed by atoms with Gasteiger partial charge in [0.1, 0.15) is 0 Å². The lowest BCUT2D eigenvalue weighted by Crippen LogP contribution is -2.05. The molecule has 1 aromatic heterocycles. The third-order valence-electron chi connectivity index (χ3n) is 9.62. The predicted octanol–water partition coefficient (Wildman–Crippen LogP) is 11.9. The Morgan fingerprint density at radius 3 is 1.67 bits per heavy atom. The molecule has 0 atom stereocenters. The second kappa shape index (κ2) is 10.8. The van der Waals surface area contributed by atoms with Gasteiger partial charge in [-0.15, -0.1) is 0 Å². The summed E-state index contributed by atoms with van der Waals surface area (Å²) in [6.45, 7) is 2.03. The van der Waals surface area contributed by atoms with E-state index in [1.54, 1.807) is 0 Å². The summed E-state index contributed by atoms with van der Waals surface area (Å²) in [4.78, 5) is 4.51. The Bertz CT molecular complexity index is 2040. The molecule has 0 unspecified atom stereocenters. The minimum Gasteiger partial charge on any atom is -0.261 e. The third-order valence-corrected chi connectivity index (χ3v) is 9.62. The van der Waals surface area contributed by atoms with Crippen LogP contribution in [-0.4, -0.2) is 4.98 Å². The summed E-state index contributed by atoms with van der Waals surface area (Å²) < 4.78 is 0. The number of benzene rings is 6. The fourth-order valence-electron chi connectivity index (χ4n) is 7.52. The van der Waals surface area contributed by atoms with Crippen molar-refractivity contribution in [3.63, 3.8) is 0 Å². The van der Waals surface area contributed by atoms with Gasteiger partial charge >= 0.3 is 0 Å². The van der Waals surface area contributed by atoms with Crippen molar-refractivity contribution in [1.29, 1.82) is 0 Å². The van der Waals surface area contributed by atoms with Gasteiger partial charge in [-0.3, -0.25) is 4.98 Å². The highest BCUT2D eigenvalue weighted by molar-refractivity contribution is 6.23. The number of aryl methyl sites for hydroxylation is 1. The highest BCUT2D eigenvalue weighted by atomic mass is 14.7. The third kappa shape index (κ3) is 4.51. The lowest BCUT2D eigenvalue weighted by Gasteiger charge is -2.24. The molecule has 0 radical (unpaired) electrons. The van der Waals surface area contributed by atoms with E-state index >= 15 is 0 Å². The first-order valence-corrected chi connectivity index (χ1v) is 15.8. The maximum absolute atomic E-state index is 4.51. The normalized spacial score (nSPS) is 14.1. The maximum Gasteiger partial charge on any atom is 0.0373 e. The van der Waals surface area contributed by atoms with Crippen molar-refractivity contribution in [2.75, 3.05) is 0 Å². The van der Waals surface area contributed by atoms with Gasteiger partial charge in [-0.2, -0.15) is 0 Å². The van der Waals surface area contributed by atoms with Gasteiger partial charge in [0.2, 0.25) is 0 Å². The van der Waals surface area contributed by atoms with Crippen LogP contribution in [0.5, 0.6) is 0 Å². The Kier molecular flexibility index (Phi) is 6.52. The fraction of sp³-hybridized carbons (Fsp3) is 0.167. The molecule has 1 aliphatic rings. The Hall–Kier alpha value is -4.75. The van der Waals surface area contributed by atoms with Crippen LogP contribution in [0.3, 0.4) is 0 Å². The van der Waals surface area contributed by atoms with Crippen molar-refractivity contribution < 1.29 is 0 Å². The molecule has 208 valence electrons. The minimum absolute atomic E-state index is 0.669. The SMILES string of the molecule is Cc1ccc(-c2ccc(-c3c4ccccc4c(-c4cccc5c(C6CCCCC6)cccc45)c4ccccc34)cc2)cn1. The number of pyridine rings is 1. The van der Waals surface area contributed by atoms with Crippen molar-refractivity contribution in [2.24, 2.45) is 0 Å². The van der Waals surface area contributed by atoms with Gasteiger partial charge in [0, 0.05) is 17.5 Å². The average molecular weight is 554 g/mol. The molecule has 0 amide bonds. The highest BCUT2D eigenvalue weighted by Crippen LogP contribution is 2.46. The van der Waals surface area contributed by atoms with E-state index in [1.807, 2.05) is 13.1 Å². The summed E-state index contributed by atoms with van der Waals surface area (Å²) in [7, 11) is 0. The van der Waals surface area contributed by atoms with E-state index in [0.29, 0.717) is 5.92 Å². The van der Waals surface area contributed by atoms with Crippen LogP contribution in [0.2, 0.25) is 0 Å². The van der Waals surface area contributed by atoms with E-state index in [4.69, 9.17) is 0 Å². The number of rotatable bonds is 4. The molecule has 43 heavy (non-hydrogen) atoms. The molecule has 8 rings (SSSR count). The summed E-state index contributed by atoms with van der Waals surface area (Å²) in [6.07, 6.45) is 8.66. The molecule has 0 saturated heterocycles. The van der Waals surface area contributed by atoms with Gasteiger partial charge in [-0.05, 0) is 97.4 Å². The van der Waals surface area contributed by atoms with Gasteiger partial charge in [-0.25, -0.2) is 0 Å². The van der Waals surface area contributed by atoms with Crippen LogP contribution in [0.25, 0.3) is 65.7 Å². The van der Waals surface area contributed by atoms with E-state index < -0.39 is 0 Å². The lowest BCUT2D eigenvalue weighted by atomic mass is 9.80. The molecule has 0 spiro atoms. The Balaban J connectivity index is 1.36. The summed E-state index contributed by atoms with van der Waals surface area (Å²) in [6, 6.07) is 45.2. The van der Waals surface area contributed by atoms with Crippen LogP contribution < -0.4 is 0 Å². The minimum atomic E-state index is 0.669. The first-order chi connectivity index (χ1) is 21.3. The van der Waals surface area contributed by atoms with Crippen LogP contribution in [0.4, 0.5) is 0 Å². The van der Waals surface area contributed by atoms with Crippen molar-refractivity contribution in [3.8, 4) is 33.4 Å².